The minimum Gasteiger partial charge on any atom is -0.369 e. The number of hydrogen-bond acceptors (Lipinski definition) is 3. The van der Waals surface area contributed by atoms with Crippen molar-refractivity contribution in [2.45, 2.75) is 33.7 Å². The van der Waals surface area contributed by atoms with Gasteiger partial charge in [-0.25, -0.2) is 0 Å². The molecule has 118 valence electrons. The first-order valence-electron chi connectivity index (χ1n) is 8.37. The zero-order chi connectivity index (χ0) is 15.2. The zero-order valence-electron chi connectivity index (χ0n) is 14.1. The van der Waals surface area contributed by atoms with Gasteiger partial charge in [0, 0.05) is 44.5 Å². The lowest BCUT2D eigenvalue weighted by Crippen LogP contribution is -2.52. The first-order valence-corrected chi connectivity index (χ1v) is 8.37. The van der Waals surface area contributed by atoms with E-state index in [2.05, 4.69) is 67.1 Å². The summed E-state index contributed by atoms with van der Waals surface area (Å²) in [4.78, 5) is 5.13. The molecule has 0 aromatic heterocycles. The molecule has 2 rings (SSSR count). The predicted molar refractivity (Wildman–Crippen MR) is 92.1 cm³/mol. The molecule has 1 saturated heterocycles. The van der Waals surface area contributed by atoms with Gasteiger partial charge in [0.05, 0.1) is 0 Å². The number of hydrogen-bond donors (Lipinski definition) is 1. The lowest BCUT2D eigenvalue weighted by atomic mass is 10.0. The molecule has 1 aliphatic heterocycles. The van der Waals surface area contributed by atoms with Gasteiger partial charge in [0.1, 0.15) is 0 Å². The van der Waals surface area contributed by atoms with Gasteiger partial charge < -0.3 is 10.2 Å². The van der Waals surface area contributed by atoms with Crippen molar-refractivity contribution in [2.24, 2.45) is 5.92 Å². The maximum absolute atomic E-state index is 3.62. The van der Waals surface area contributed by atoms with Crippen LogP contribution >= 0.6 is 0 Å². The van der Waals surface area contributed by atoms with Crippen molar-refractivity contribution in [3.63, 3.8) is 0 Å². The Morgan fingerprint density at radius 3 is 2.43 bits per heavy atom. The highest BCUT2D eigenvalue weighted by molar-refractivity contribution is 5.48. The normalized spacial score (nSPS) is 18.2. The molecule has 0 amide bonds. The van der Waals surface area contributed by atoms with E-state index in [1.165, 1.54) is 30.9 Å². The number of nitrogens with zero attached hydrogens (tertiary/aromatic N) is 2. The first kappa shape index (κ1) is 16.3. The average molecular weight is 289 g/mol. The number of benzene rings is 1. The predicted octanol–water partition coefficient (Wildman–Crippen LogP) is 2.75. The molecule has 0 aliphatic carbocycles. The molecule has 0 bridgehead atoms. The van der Waals surface area contributed by atoms with E-state index in [1.54, 1.807) is 0 Å². The molecule has 1 N–H and O–H groups in total. The van der Waals surface area contributed by atoms with Gasteiger partial charge in [-0.2, -0.15) is 0 Å². The number of likely N-dealkylation sites (N-methyl/N-ethyl adjacent to an activating group) is 1. The van der Waals surface area contributed by atoms with Gasteiger partial charge in [-0.1, -0.05) is 32.9 Å². The minimum atomic E-state index is 0.612. The van der Waals surface area contributed by atoms with Crippen molar-refractivity contribution in [1.82, 2.24) is 10.2 Å². The third kappa shape index (κ3) is 4.72. The minimum absolute atomic E-state index is 0.612. The highest BCUT2D eigenvalue weighted by atomic mass is 15.3. The largest absolute Gasteiger partial charge is 0.369 e. The van der Waals surface area contributed by atoms with E-state index in [4.69, 9.17) is 0 Å². The van der Waals surface area contributed by atoms with Crippen LogP contribution in [0.5, 0.6) is 0 Å². The Labute approximate surface area is 130 Å². The molecule has 1 aliphatic rings. The fourth-order valence-corrected chi connectivity index (χ4v) is 3.06. The van der Waals surface area contributed by atoms with E-state index in [0.717, 1.165) is 19.6 Å². The number of aryl methyl sites for hydroxylation is 1. The number of anilines is 1. The van der Waals surface area contributed by atoms with Crippen LogP contribution in [0.1, 0.15) is 26.3 Å². The molecule has 0 spiro atoms. The van der Waals surface area contributed by atoms with E-state index < -0.39 is 0 Å². The summed E-state index contributed by atoms with van der Waals surface area (Å²) in [5, 5.41) is 3.62. The summed E-state index contributed by atoms with van der Waals surface area (Å²) in [6.45, 7) is 15.9. The van der Waals surface area contributed by atoms with E-state index >= 15 is 0 Å². The van der Waals surface area contributed by atoms with Crippen LogP contribution in [0.25, 0.3) is 0 Å². The zero-order valence-corrected chi connectivity index (χ0v) is 14.1. The van der Waals surface area contributed by atoms with Crippen molar-refractivity contribution in [3.8, 4) is 0 Å². The van der Waals surface area contributed by atoms with Gasteiger partial charge in [0.15, 0.2) is 0 Å². The van der Waals surface area contributed by atoms with Crippen molar-refractivity contribution in [2.75, 3.05) is 44.2 Å². The van der Waals surface area contributed by atoms with Crippen LogP contribution in [-0.4, -0.2) is 50.2 Å². The second-order valence-corrected chi connectivity index (χ2v) is 6.53. The van der Waals surface area contributed by atoms with Crippen molar-refractivity contribution < 1.29 is 0 Å². The molecule has 3 nitrogen and oxygen atoms in total. The van der Waals surface area contributed by atoms with E-state index in [0.29, 0.717) is 12.0 Å². The van der Waals surface area contributed by atoms with E-state index in [1.807, 2.05) is 0 Å². The van der Waals surface area contributed by atoms with Crippen molar-refractivity contribution in [1.29, 1.82) is 0 Å². The molecule has 1 fully saturated rings. The fraction of sp³-hybridized carbons (Fsp3) is 0.667. The van der Waals surface area contributed by atoms with Gasteiger partial charge in [-0.3, -0.25) is 4.90 Å². The van der Waals surface area contributed by atoms with Crippen LogP contribution in [0.3, 0.4) is 0 Å². The summed E-state index contributed by atoms with van der Waals surface area (Å²) in [6.07, 6.45) is 0. The maximum atomic E-state index is 3.62. The molecule has 1 heterocycles. The Balaban J connectivity index is 1.85. The fourth-order valence-electron chi connectivity index (χ4n) is 3.06. The Bertz CT molecular complexity index is 422. The van der Waals surface area contributed by atoms with Gasteiger partial charge in [-0.05, 0) is 37.1 Å². The molecular weight excluding hydrogens is 258 g/mol. The van der Waals surface area contributed by atoms with Crippen LogP contribution in [0.4, 0.5) is 5.69 Å². The summed E-state index contributed by atoms with van der Waals surface area (Å²) < 4.78 is 0. The molecule has 21 heavy (non-hydrogen) atoms. The van der Waals surface area contributed by atoms with Gasteiger partial charge in [0.2, 0.25) is 0 Å². The third-order valence-electron chi connectivity index (χ3n) is 4.47. The topological polar surface area (TPSA) is 18.5 Å². The summed E-state index contributed by atoms with van der Waals surface area (Å²) in [6, 6.07) is 9.48. The van der Waals surface area contributed by atoms with Gasteiger partial charge in [0.25, 0.3) is 0 Å². The monoisotopic (exact) mass is 289 g/mol. The first-order chi connectivity index (χ1) is 10.1. The van der Waals surface area contributed by atoms with Crippen LogP contribution in [0, 0.1) is 12.8 Å². The standard InChI is InChI=1S/C18H31N3/c1-5-19-18(15(2)3)14-20-9-11-21(12-10-20)17-8-6-7-16(4)13-17/h6-8,13,15,18-19H,5,9-12,14H2,1-4H3. The highest BCUT2D eigenvalue weighted by Gasteiger charge is 2.21. The third-order valence-corrected chi connectivity index (χ3v) is 4.47. The lowest BCUT2D eigenvalue weighted by Gasteiger charge is -2.38. The number of nitrogens with one attached hydrogen (secondary N) is 1. The van der Waals surface area contributed by atoms with E-state index in [9.17, 15) is 0 Å². The summed E-state index contributed by atoms with van der Waals surface area (Å²) >= 11 is 0. The number of rotatable bonds is 6. The quantitative estimate of drug-likeness (QED) is 0.869. The van der Waals surface area contributed by atoms with Gasteiger partial charge >= 0.3 is 0 Å². The van der Waals surface area contributed by atoms with Crippen molar-refractivity contribution >= 4 is 5.69 Å². The highest BCUT2D eigenvalue weighted by Crippen LogP contribution is 2.18. The smallest absolute Gasteiger partial charge is 0.0369 e. The molecule has 3 heteroatoms. The molecule has 0 saturated carbocycles. The Hall–Kier alpha value is -1.06. The number of piperazine rings is 1. The summed E-state index contributed by atoms with van der Waals surface area (Å²) in [5.41, 5.74) is 2.73. The molecule has 1 aromatic rings. The van der Waals surface area contributed by atoms with Crippen molar-refractivity contribution in [3.05, 3.63) is 29.8 Å². The molecular formula is C18H31N3. The summed E-state index contributed by atoms with van der Waals surface area (Å²) in [5.74, 6) is 0.694. The Morgan fingerprint density at radius 2 is 1.86 bits per heavy atom. The molecule has 1 unspecified atom stereocenters. The van der Waals surface area contributed by atoms with Crippen LogP contribution in [0.2, 0.25) is 0 Å². The SMILES string of the molecule is CCNC(CN1CCN(c2cccc(C)c2)CC1)C(C)C. The summed E-state index contributed by atoms with van der Waals surface area (Å²) in [7, 11) is 0. The average Bonchev–Trinajstić information content (AvgIpc) is 2.47. The molecule has 1 atom stereocenters. The van der Waals surface area contributed by atoms with E-state index in [-0.39, 0.29) is 0 Å². The van der Waals surface area contributed by atoms with Crippen LogP contribution in [-0.2, 0) is 0 Å². The maximum Gasteiger partial charge on any atom is 0.0369 e. The van der Waals surface area contributed by atoms with Crippen LogP contribution < -0.4 is 10.2 Å². The second kappa shape index (κ2) is 7.81. The van der Waals surface area contributed by atoms with Gasteiger partial charge in [-0.15, -0.1) is 0 Å². The molecule has 0 radical (unpaired) electrons. The Morgan fingerprint density at radius 1 is 1.14 bits per heavy atom. The lowest BCUT2D eigenvalue weighted by molar-refractivity contribution is 0.209. The Kier molecular flexibility index (Phi) is 6.07. The molecule has 1 aromatic carbocycles. The second-order valence-electron chi connectivity index (χ2n) is 6.53. The van der Waals surface area contributed by atoms with Crippen LogP contribution in [0.15, 0.2) is 24.3 Å².